The normalized spacial score (nSPS) is 10.7. The molecule has 96 valence electrons. The maximum atomic E-state index is 6.19. The average Bonchev–Trinajstić information content (AvgIpc) is 2.76. The quantitative estimate of drug-likeness (QED) is 0.908. The Morgan fingerprint density at radius 3 is 2.61 bits per heavy atom. The van der Waals surface area contributed by atoms with Crippen molar-refractivity contribution in [2.45, 2.75) is 27.2 Å². The summed E-state index contributed by atoms with van der Waals surface area (Å²) in [4.78, 5) is 10.2. The summed E-state index contributed by atoms with van der Waals surface area (Å²) in [6, 6.07) is 1.89. The number of aryl methyl sites for hydroxylation is 2. The van der Waals surface area contributed by atoms with E-state index in [4.69, 9.17) is 11.6 Å². The average molecular weight is 282 g/mol. The minimum absolute atomic E-state index is 0.733. The topological polar surface area (TPSA) is 37.8 Å². The molecular formula is C13H16ClN3S. The van der Waals surface area contributed by atoms with E-state index < -0.39 is 0 Å². The van der Waals surface area contributed by atoms with Crippen molar-refractivity contribution in [3.8, 4) is 10.6 Å². The van der Waals surface area contributed by atoms with Crippen LogP contribution in [-0.4, -0.2) is 16.5 Å². The van der Waals surface area contributed by atoms with E-state index in [0.717, 1.165) is 45.8 Å². The molecule has 2 aromatic heterocycles. The van der Waals surface area contributed by atoms with Gasteiger partial charge in [-0.15, -0.1) is 11.3 Å². The number of thiophene rings is 1. The number of hydrogen-bond donors (Lipinski definition) is 1. The summed E-state index contributed by atoms with van der Waals surface area (Å²) < 4.78 is 0. The van der Waals surface area contributed by atoms with Gasteiger partial charge in [-0.2, -0.15) is 0 Å². The number of hydrogen-bond acceptors (Lipinski definition) is 4. The third kappa shape index (κ3) is 2.65. The SMILES string of the molecule is CCCNc1nc(C)c(C)nc1-c1sccc1Cl. The fraction of sp³-hybridized carbons (Fsp3) is 0.385. The van der Waals surface area contributed by atoms with Crippen LogP contribution < -0.4 is 5.32 Å². The Labute approximate surface area is 116 Å². The molecule has 0 aliphatic heterocycles. The van der Waals surface area contributed by atoms with Gasteiger partial charge in [-0.3, -0.25) is 0 Å². The molecule has 2 rings (SSSR count). The highest BCUT2D eigenvalue weighted by Gasteiger charge is 2.14. The molecule has 0 atom stereocenters. The van der Waals surface area contributed by atoms with E-state index in [1.165, 1.54) is 0 Å². The lowest BCUT2D eigenvalue weighted by Gasteiger charge is -2.11. The lowest BCUT2D eigenvalue weighted by Crippen LogP contribution is -2.07. The van der Waals surface area contributed by atoms with E-state index in [9.17, 15) is 0 Å². The third-order valence-electron chi connectivity index (χ3n) is 2.68. The van der Waals surface area contributed by atoms with Gasteiger partial charge in [0.1, 0.15) is 5.69 Å². The molecule has 0 amide bonds. The van der Waals surface area contributed by atoms with Crippen LogP contribution in [0.15, 0.2) is 11.4 Å². The Bertz CT molecular complexity index is 551. The largest absolute Gasteiger partial charge is 0.368 e. The second-order valence-electron chi connectivity index (χ2n) is 4.12. The Morgan fingerprint density at radius 1 is 1.28 bits per heavy atom. The fourth-order valence-electron chi connectivity index (χ4n) is 1.59. The van der Waals surface area contributed by atoms with E-state index in [2.05, 4.69) is 22.2 Å². The number of anilines is 1. The first-order chi connectivity index (χ1) is 8.63. The molecule has 0 radical (unpaired) electrons. The van der Waals surface area contributed by atoms with Crippen LogP contribution in [0.3, 0.4) is 0 Å². The van der Waals surface area contributed by atoms with Gasteiger partial charge in [-0.1, -0.05) is 18.5 Å². The molecule has 0 unspecified atom stereocenters. The van der Waals surface area contributed by atoms with Crippen LogP contribution in [0.5, 0.6) is 0 Å². The van der Waals surface area contributed by atoms with Crippen molar-refractivity contribution < 1.29 is 0 Å². The minimum atomic E-state index is 0.733. The fourth-order valence-corrected chi connectivity index (χ4v) is 2.73. The van der Waals surface area contributed by atoms with E-state index in [1.807, 2.05) is 25.3 Å². The summed E-state index contributed by atoms with van der Waals surface area (Å²) in [5.41, 5.74) is 2.74. The van der Waals surface area contributed by atoms with Gasteiger partial charge in [0.25, 0.3) is 0 Å². The van der Waals surface area contributed by atoms with Crippen LogP contribution in [-0.2, 0) is 0 Å². The van der Waals surface area contributed by atoms with E-state index in [1.54, 1.807) is 11.3 Å². The summed E-state index contributed by atoms with van der Waals surface area (Å²) in [7, 11) is 0. The van der Waals surface area contributed by atoms with Crippen molar-refractivity contribution in [3.05, 3.63) is 27.9 Å². The Morgan fingerprint density at radius 2 is 2.00 bits per heavy atom. The molecular weight excluding hydrogens is 266 g/mol. The lowest BCUT2D eigenvalue weighted by atomic mass is 10.2. The van der Waals surface area contributed by atoms with E-state index in [-0.39, 0.29) is 0 Å². The van der Waals surface area contributed by atoms with Gasteiger partial charge in [-0.25, -0.2) is 9.97 Å². The van der Waals surface area contributed by atoms with Crippen molar-refractivity contribution in [3.63, 3.8) is 0 Å². The van der Waals surface area contributed by atoms with Crippen LogP contribution in [0.4, 0.5) is 5.82 Å². The molecule has 3 nitrogen and oxygen atoms in total. The minimum Gasteiger partial charge on any atom is -0.368 e. The molecule has 0 bridgehead atoms. The van der Waals surface area contributed by atoms with Crippen molar-refractivity contribution in [2.24, 2.45) is 0 Å². The highest BCUT2D eigenvalue weighted by molar-refractivity contribution is 7.14. The molecule has 0 saturated carbocycles. The molecule has 0 aliphatic carbocycles. The summed E-state index contributed by atoms with van der Waals surface area (Å²) in [5.74, 6) is 0.823. The summed E-state index contributed by atoms with van der Waals surface area (Å²) >= 11 is 7.78. The van der Waals surface area contributed by atoms with Gasteiger partial charge < -0.3 is 5.32 Å². The number of aromatic nitrogens is 2. The first kappa shape index (κ1) is 13.3. The van der Waals surface area contributed by atoms with Crippen LogP contribution in [0.1, 0.15) is 24.7 Å². The molecule has 0 aliphatic rings. The number of nitrogens with one attached hydrogen (secondary N) is 1. The second-order valence-corrected chi connectivity index (χ2v) is 5.44. The van der Waals surface area contributed by atoms with Crippen LogP contribution in [0, 0.1) is 13.8 Å². The Hall–Kier alpha value is -1.13. The number of halogens is 1. The zero-order chi connectivity index (χ0) is 13.1. The molecule has 5 heteroatoms. The lowest BCUT2D eigenvalue weighted by molar-refractivity contribution is 0.954. The first-order valence-electron chi connectivity index (χ1n) is 5.96. The van der Waals surface area contributed by atoms with Crippen molar-refractivity contribution >= 4 is 28.8 Å². The maximum Gasteiger partial charge on any atom is 0.153 e. The number of nitrogens with zero attached hydrogens (tertiary/aromatic N) is 2. The molecule has 2 aromatic rings. The smallest absolute Gasteiger partial charge is 0.153 e. The van der Waals surface area contributed by atoms with Gasteiger partial charge in [-0.05, 0) is 31.7 Å². The molecule has 0 fully saturated rings. The highest BCUT2D eigenvalue weighted by Crippen LogP contribution is 2.35. The van der Waals surface area contributed by atoms with E-state index in [0.29, 0.717) is 0 Å². The first-order valence-corrected chi connectivity index (χ1v) is 7.21. The predicted octanol–water partition coefficient (Wildman–Crippen LogP) is 4.30. The standard InChI is InChI=1S/C13H16ClN3S/c1-4-6-15-13-11(12-10(14)5-7-18-12)16-8(2)9(3)17-13/h5,7H,4,6H2,1-3H3,(H,15,17). The summed E-state index contributed by atoms with van der Waals surface area (Å²) in [6.07, 6.45) is 1.05. The predicted molar refractivity (Wildman–Crippen MR) is 78.6 cm³/mol. The molecule has 2 heterocycles. The van der Waals surface area contributed by atoms with Crippen molar-refractivity contribution in [2.75, 3.05) is 11.9 Å². The van der Waals surface area contributed by atoms with Gasteiger partial charge in [0.2, 0.25) is 0 Å². The molecule has 0 spiro atoms. The monoisotopic (exact) mass is 281 g/mol. The van der Waals surface area contributed by atoms with E-state index >= 15 is 0 Å². The number of rotatable bonds is 4. The van der Waals surface area contributed by atoms with Gasteiger partial charge in [0.15, 0.2) is 5.82 Å². The second kappa shape index (κ2) is 5.67. The van der Waals surface area contributed by atoms with Crippen LogP contribution in [0.25, 0.3) is 10.6 Å². The molecule has 18 heavy (non-hydrogen) atoms. The third-order valence-corrected chi connectivity index (χ3v) is 4.03. The summed E-state index contributed by atoms with van der Waals surface area (Å²) in [5, 5.41) is 6.02. The van der Waals surface area contributed by atoms with Crippen LogP contribution >= 0.6 is 22.9 Å². The zero-order valence-corrected chi connectivity index (χ0v) is 12.3. The van der Waals surface area contributed by atoms with Crippen molar-refractivity contribution in [1.82, 2.24) is 9.97 Å². The molecule has 0 saturated heterocycles. The van der Waals surface area contributed by atoms with Crippen molar-refractivity contribution in [1.29, 1.82) is 0 Å². The van der Waals surface area contributed by atoms with Crippen LogP contribution in [0.2, 0.25) is 5.02 Å². The van der Waals surface area contributed by atoms with Gasteiger partial charge in [0.05, 0.1) is 21.3 Å². The van der Waals surface area contributed by atoms with Gasteiger partial charge in [0, 0.05) is 6.54 Å². The zero-order valence-electron chi connectivity index (χ0n) is 10.7. The highest BCUT2D eigenvalue weighted by atomic mass is 35.5. The Kier molecular flexibility index (Phi) is 4.19. The summed E-state index contributed by atoms with van der Waals surface area (Å²) in [6.45, 7) is 6.95. The molecule has 1 N–H and O–H groups in total. The molecule has 0 aromatic carbocycles. The van der Waals surface area contributed by atoms with Gasteiger partial charge >= 0.3 is 0 Å². The maximum absolute atomic E-state index is 6.19. The Balaban J connectivity index is 2.50.